The summed E-state index contributed by atoms with van der Waals surface area (Å²) in [4.78, 5) is 21.7. The molecule has 9 heteroatoms. The van der Waals surface area contributed by atoms with Crippen LogP contribution in [0.3, 0.4) is 0 Å². The van der Waals surface area contributed by atoms with E-state index >= 15 is 0 Å². The van der Waals surface area contributed by atoms with Crippen LogP contribution in [0.15, 0.2) is 41.7 Å². The first-order chi connectivity index (χ1) is 15.0. The van der Waals surface area contributed by atoms with Crippen molar-refractivity contribution in [3.8, 4) is 0 Å². The molecule has 4 aromatic rings. The summed E-state index contributed by atoms with van der Waals surface area (Å²) in [5, 5.41) is 12.5. The van der Waals surface area contributed by atoms with E-state index in [1.165, 1.54) is 17.3 Å². The molecule has 8 nitrogen and oxygen atoms in total. The Morgan fingerprint density at radius 2 is 1.84 bits per heavy atom. The predicted molar refractivity (Wildman–Crippen MR) is 122 cm³/mol. The number of carbonyl (C=O) groups is 1. The Balaban J connectivity index is 1.50. The fourth-order valence-corrected chi connectivity index (χ4v) is 3.83. The van der Waals surface area contributed by atoms with Gasteiger partial charge in [0.1, 0.15) is 5.82 Å². The van der Waals surface area contributed by atoms with Crippen LogP contribution in [0, 0.1) is 13.8 Å². The van der Waals surface area contributed by atoms with Crippen LogP contribution in [0.4, 0.5) is 5.82 Å². The minimum Gasteiger partial charge on any atom is -0.311 e. The van der Waals surface area contributed by atoms with Gasteiger partial charge >= 0.3 is 0 Å². The second-order valence-electron chi connectivity index (χ2n) is 7.34. The lowest BCUT2D eigenvalue weighted by Gasteiger charge is -2.12. The summed E-state index contributed by atoms with van der Waals surface area (Å²) in [5.41, 5.74) is 4.93. The number of anilines is 1. The van der Waals surface area contributed by atoms with Crippen LogP contribution >= 0.6 is 11.8 Å². The van der Waals surface area contributed by atoms with E-state index < -0.39 is 0 Å². The van der Waals surface area contributed by atoms with E-state index in [9.17, 15) is 4.79 Å². The number of aromatic nitrogens is 6. The molecular formula is C22H25N7OS. The average molecular weight is 436 g/mol. The molecule has 0 aliphatic heterocycles. The topological polar surface area (TPSA) is 90.0 Å². The maximum absolute atomic E-state index is 12.8. The van der Waals surface area contributed by atoms with Crippen molar-refractivity contribution in [2.75, 3.05) is 11.6 Å². The molecule has 31 heavy (non-hydrogen) atoms. The van der Waals surface area contributed by atoms with E-state index in [0.29, 0.717) is 23.3 Å². The van der Waals surface area contributed by atoms with Gasteiger partial charge in [-0.05, 0) is 37.7 Å². The number of rotatable bonds is 7. The van der Waals surface area contributed by atoms with Crippen LogP contribution < -0.4 is 5.32 Å². The van der Waals surface area contributed by atoms with Crippen LogP contribution in [-0.2, 0) is 24.2 Å². The van der Waals surface area contributed by atoms with Crippen molar-refractivity contribution in [2.24, 2.45) is 0 Å². The van der Waals surface area contributed by atoms with Gasteiger partial charge in [-0.25, -0.2) is 14.2 Å². The lowest BCUT2D eigenvalue weighted by atomic mass is 10.1. The van der Waals surface area contributed by atoms with Gasteiger partial charge in [0.15, 0.2) is 0 Å². The van der Waals surface area contributed by atoms with Crippen LogP contribution in [0.1, 0.15) is 35.0 Å². The summed E-state index contributed by atoms with van der Waals surface area (Å²) in [6.07, 6.45) is 4.83. The monoisotopic (exact) mass is 435 g/mol. The molecule has 0 saturated carbocycles. The molecule has 3 heterocycles. The van der Waals surface area contributed by atoms with Crippen LogP contribution in [0.5, 0.6) is 0 Å². The third-order valence-corrected chi connectivity index (χ3v) is 5.84. The molecule has 0 radical (unpaired) electrons. The van der Waals surface area contributed by atoms with Crippen molar-refractivity contribution in [3.63, 3.8) is 0 Å². The van der Waals surface area contributed by atoms with Crippen molar-refractivity contribution in [3.05, 3.63) is 64.6 Å². The van der Waals surface area contributed by atoms with E-state index in [1.807, 2.05) is 26.2 Å². The van der Waals surface area contributed by atoms with E-state index in [1.54, 1.807) is 15.4 Å². The average Bonchev–Trinajstić information content (AvgIpc) is 3.38. The first-order valence-electron chi connectivity index (χ1n) is 10.1. The molecule has 1 aromatic carbocycles. The summed E-state index contributed by atoms with van der Waals surface area (Å²) in [6.45, 7) is 6.56. The van der Waals surface area contributed by atoms with Crippen LogP contribution in [0.2, 0.25) is 0 Å². The highest BCUT2D eigenvalue weighted by Crippen LogP contribution is 2.18. The van der Waals surface area contributed by atoms with E-state index in [0.717, 1.165) is 28.9 Å². The highest BCUT2D eigenvalue weighted by Gasteiger charge is 2.17. The number of hydrogen-bond acceptors (Lipinski definition) is 6. The zero-order chi connectivity index (χ0) is 22.0. The molecular weight excluding hydrogens is 410 g/mol. The Morgan fingerprint density at radius 1 is 1.10 bits per heavy atom. The lowest BCUT2D eigenvalue weighted by Crippen LogP contribution is -2.20. The van der Waals surface area contributed by atoms with Crippen LogP contribution in [0.25, 0.3) is 5.78 Å². The minimum absolute atomic E-state index is 0.124. The number of fused-ring (bicyclic) bond motifs is 1. The Morgan fingerprint density at radius 3 is 2.55 bits per heavy atom. The normalized spacial score (nSPS) is 11.2. The van der Waals surface area contributed by atoms with Gasteiger partial charge in [0.25, 0.3) is 5.78 Å². The Bertz CT molecular complexity index is 1230. The Kier molecular flexibility index (Phi) is 6.03. The van der Waals surface area contributed by atoms with Gasteiger partial charge in [-0.3, -0.25) is 4.79 Å². The molecule has 1 amide bonds. The molecule has 1 N–H and O–H groups in total. The summed E-state index contributed by atoms with van der Waals surface area (Å²) in [6, 6.07) is 10.2. The SMILES string of the molecule is CCc1ccc(Cn2nccc2NC(=O)Cc2c(C)nc3nc(SC)nn3c2C)cc1. The molecule has 3 aromatic heterocycles. The summed E-state index contributed by atoms with van der Waals surface area (Å²) in [7, 11) is 0. The van der Waals surface area contributed by atoms with Crippen molar-refractivity contribution in [1.82, 2.24) is 29.4 Å². The van der Waals surface area contributed by atoms with E-state index in [-0.39, 0.29) is 12.3 Å². The number of thioether (sulfide) groups is 1. The van der Waals surface area contributed by atoms with Gasteiger partial charge in [0.2, 0.25) is 11.1 Å². The second-order valence-corrected chi connectivity index (χ2v) is 8.11. The molecule has 0 bridgehead atoms. The summed E-state index contributed by atoms with van der Waals surface area (Å²) in [5.74, 6) is 1.09. The fraction of sp³-hybridized carbons (Fsp3) is 0.318. The van der Waals surface area contributed by atoms with Crippen molar-refractivity contribution in [2.45, 2.75) is 45.3 Å². The second kappa shape index (κ2) is 8.89. The van der Waals surface area contributed by atoms with Gasteiger partial charge in [-0.2, -0.15) is 10.1 Å². The van der Waals surface area contributed by atoms with E-state index in [4.69, 9.17) is 0 Å². The maximum atomic E-state index is 12.8. The first-order valence-corrected chi connectivity index (χ1v) is 11.4. The van der Waals surface area contributed by atoms with E-state index in [2.05, 4.69) is 56.7 Å². The molecule has 0 aliphatic carbocycles. The van der Waals surface area contributed by atoms with Crippen LogP contribution in [-0.4, -0.2) is 41.5 Å². The number of benzene rings is 1. The van der Waals surface area contributed by atoms with Gasteiger partial charge in [-0.15, -0.1) is 5.10 Å². The molecule has 0 atom stereocenters. The van der Waals surface area contributed by atoms with Crippen molar-refractivity contribution in [1.29, 1.82) is 0 Å². The van der Waals surface area contributed by atoms with Gasteiger partial charge < -0.3 is 5.32 Å². The van der Waals surface area contributed by atoms with Crippen molar-refractivity contribution < 1.29 is 4.79 Å². The van der Waals surface area contributed by atoms with Gasteiger partial charge in [-0.1, -0.05) is 43.0 Å². The number of nitrogens with zero attached hydrogens (tertiary/aromatic N) is 6. The number of amides is 1. The summed E-state index contributed by atoms with van der Waals surface area (Å²) < 4.78 is 3.49. The number of hydrogen-bond donors (Lipinski definition) is 1. The highest BCUT2D eigenvalue weighted by atomic mass is 32.2. The first kappa shape index (κ1) is 21.0. The van der Waals surface area contributed by atoms with Crippen molar-refractivity contribution >= 4 is 29.3 Å². The zero-order valence-corrected chi connectivity index (χ0v) is 18.9. The molecule has 0 saturated heterocycles. The fourth-order valence-electron chi connectivity index (χ4n) is 3.50. The number of carbonyl (C=O) groups excluding carboxylic acids is 1. The largest absolute Gasteiger partial charge is 0.311 e. The third kappa shape index (κ3) is 4.46. The van der Waals surface area contributed by atoms with Gasteiger partial charge in [0.05, 0.1) is 19.2 Å². The predicted octanol–water partition coefficient (Wildman–Crippen LogP) is 3.45. The molecule has 0 aliphatic rings. The summed E-state index contributed by atoms with van der Waals surface area (Å²) >= 11 is 1.46. The minimum atomic E-state index is -0.124. The number of nitrogens with one attached hydrogen (secondary N) is 1. The standard InChI is InChI=1S/C22H25N7OS/c1-5-16-6-8-17(9-7-16)13-28-19(10-11-23-28)25-20(30)12-18-14(2)24-21-26-22(31-4)27-29(21)15(18)3/h6-11H,5,12-13H2,1-4H3,(H,25,30). The zero-order valence-electron chi connectivity index (χ0n) is 18.1. The smallest absolute Gasteiger partial charge is 0.253 e. The highest BCUT2D eigenvalue weighted by molar-refractivity contribution is 7.98. The van der Waals surface area contributed by atoms with Gasteiger partial charge in [0, 0.05) is 23.0 Å². The maximum Gasteiger partial charge on any atom is 0.253 e. The Labute approximate surface area is 185 Å². The Hall–Kier alpha value is -3.20. The molecule has 4 rings (SSSR count). The molecule has 0 spiro atoms. The molecule has 0 fully saturated rings. The quantitative estimate of drug-likeness (QED) is 0.447. The number of aryl methyl sites for hydroxylation is 3. The molecule has 0 unspecified atom stereocenters. The third-order valence-electron chi connectivity index (χ3n) is 5.30. The molecule has 160 valence electrons. The lowest BCUT2D eigenvalue weighted by molar-refractivity contribution is -0.115.